The molecular weight excluding hydrogens is 248 g/mol. The van der Waals surface area contributed by atoms with E-state index < -0.39 is 5.97 Å². The smallest absolute Gasteiger partial charge is 0.335 e. The van der Waals surface area contributed by atoms with Gasteiger partial charge in [-0.05, 0) is 30.7 Å². The van der Waals surface area contributed by atoms with Crippen LogP contribution >= 0.6 is 11.8 Å². The SMILES string of the molecule is Cc1ccnc(SCc2ccc(C(=O)O)cc2)n1. The molecule has 0 saturated carbocycles. The van der Waals surface area contributed by atoms with Gasteiger partial charge in [0.2, 0.25) is 0 Å². The van der Waals surface area contributed by atoms with Crippen LogP contribution in [0.1, 0.15) is 21.6 Å². The first-order chi connectivity index (χ1) is 8.65. The monoisotopic (exact) mass is 260 g/mol. The lowest BCUT2D eigenvalue weighted by Crippen LogP contribution is -1.95. The molecular formula is C13H12N2O2S. The Labute approximate surface area is 109 Å². The first kappa shape index (κ1) is 12.6. The van der Waals surface area contributed by atoms with Crippen LogP contribution < -0.4 is 0 Å². The first-order valence-corrected chi connectivity index (χ1v) is 6.38. The van der Waals surface area contributed by atoms with E-state index in [0.29, 0.717) is 5.56 Å². The molecule has 4 nitrogen and oxygen atoms in total. The Bertz CT molecular complexity index is 555. The number of nitrogens with zero attached hydrogens (tertiary/aromatic N) is 2. The summed E-state index contributed by atoms with van der Waals surface area (Å²) in [5, 5.41) is 9.52. The molecule has 0 spiro atoms. The summed E-state index contributed by atoms with van der Waals surface area (Å²) in [7, 11) is 0. The molecule has 0 aliphatic rings. The lowest BCUT2D eigenvalue weighted by molar-refractivity contribution is 0.0697. The van der Waals surface area contributed by atoms with Gasteiger partial charge in [-0.2, -0.15) is 0 Å². The summed E-state index contributed by atoms with van der Waals surface area (Å²) in [4.78, 5) is 19.2. The van der Waals surface area contributed by atoms with E-state index >= 15 is 0 Å². The summed E-state index contributed by atoms with van der Waals surface area (Å²) >= 11 is 1.53. The fraction of sp³-hybridized carbons (Fsp3) is 0.154. The predicted molar refractivity (Wildman–Crippen MR) is 69.7 cm³/mol. The second-order valence-corrected chi connectivity index (χ2v) is 4.71. The van der Waals surface area contributed by atoms with Gasteiger partial charge in [-0.15, -0.1) is 0 Å². The lowest BCUT2D eigenvalue weighted by atomic mass is 10.1. The van der Waals surface area contributed by atoms with E-state index in [9.17, 15) is 4.79 Å². The minimum Gasteiger partial charge on any atom is -0.478 e. The Morgan fingerprint density at radius 2 is 2.00 bits per heavy atom. The Hall–Kier alpha value is -1.88. The van der Waals surface area contributed by atoms with Gasteiger partial charge < -0.3 is 5.11 Å². The Balaban J connectivity index is 2.00. The quantitative estimate of drug-likeness (QED) is 0.676. The number of rotatable bonds is 4. The van der Waals surface area contributed by atoms with Crippen LogP contribution in [0.25, 0.3) is 0 Å². The molecule has 0 aliphatic carbocycles. The molecule has 0 unspecified atom stereocenters. The molecule has 1 aromatic heterocycles. The highest BCUT2D eigenvalue weighted by atomic mass is 32.2. The molecule has 2 rings (SSSR count). The fourth-order valence-corrected chi connectivity index (χ4v) is 2.22. The van der Waals surface area contributed by atoms with Crippen molar-refractivity contribution in [3.8, 4) is 0 Å². The molecule has 92 valence electrons. The van der Waals surface area contributed by atoms with Crippen LogP contribution in [0, 0.1) is 6.92 Å². The van der Waals surface area contributed by atoms with E-state index in [1.807, 2.05) is 25.1 Å². The summed E-state index contributed by atoms with van der Waals surface area (Å²) in [5.41, 5.74) is 2.29. The van der Waals surface area contributed by atoms with Crippen molar-refractivity contribution in [1.29, 1.82) is 0 Å². The molecule has 0 bridgehead atoms. The third-order valence-corrected chi connectivity index (χ3v) is 3.27. The van der Waals surface area contributed by atoms with Crippen LogP contribution in [0.4, 0.5) is 0 Å². The molecule has 0 saturated heterocycles. The van der Waals surface area contributed by atoms with Crippen molar-refractivity contribution in [1.82, 2.24) is 9.97 Å². The van der Waals surface area contributed by atoms with Gasteiger partial charge >= 0.3 is 5.97 Å². The van der Waals surface area contributed by atoms with Crippen LogP contribution in [-0.4, -0.2) is 21.0 Å². The van der Waals surface area contributed by atoms with Gasteiger partial charge in [-0.1, -0.05) is 23.9 Å². The number of thioether (sulfide) groups is 1. The number of aromatic carboxylic acids is 1. The molecule has 2 aromatic rings. The number of aromatic nitrogens is 2. The molecule has 0 aliphatic heterocycles. The lowest BCUT2D eigenvalue weighted by Gasteiger charge is -2.02. The first-order valence-electron chi connectivity index (χ1n) is 5.40. The molecule has 0 fully saturated rings. The zero-order chi connectivity index (χ0) is 13.0. The second-order valence-electron chi connectivity index (χ2n) is 3.77. The summed E-state index contributed by atoms with van der Waals surface area (Å²) in [6, 6.07) is 8.69. The van der Waals surface area contributed by atoms with Crippen LogP contribution in [0.5, 0.6) is 0 Å². The van der Waals surface area contributed by atoms with Gasteiger partial charge in [-0.3, -0.25) is 0 Å². The van der Waals surface area contributed by atoms with Crippen molar-refractivity contribution in [2.45, 2.75) is 17.8 Å². The van der Waals surface area contributed by atoms with E-state index in [2.05, 4.69) is 9.97 Å². The number of hydrogen-bond donors (Lipinski definition) is 1. The predicted octanol–water partition coefficient (Wildman–Crippen LogP) is 2.78. The van der Waals surface area contributed by atoms with Crippen molar-refractivity contribution < 1.29 is 9.90 Å². The highest BCUT2D eigenvalue weighted by Gasteiger charge is 2.03. The summed E-state index contributed by atoms with van der Waals surface area (Å²) < 4.78 is 0. The maximum Gasteiger partial charge on any atom is 0.335 e. The van der Waals surface area contributed by atoms with Gasteiger partial charge in [-0.25, -0.2) is 14.8 Å². The molecule has 5 heteroatoms. The topological polar surface area (TPSA) is 63.1 Å². The number of carbonyl (C=O) groups is 1. The van der Waals surface area contributed by atoms with E-state index in [-0.39, 0.29) is 0 Å². The van der Waals surface area contributed by atoms with E-state index in [4.69, 9.17) is 5.11 Å². The third-order valence-electron chi connectivity index (χ3n) is 2.34. The zero-order valence-corrected chi connectivity index (χ0v) is 10.6. The summed E-state index contributed by atoms with van der Waals surface area (Å²) in [6.07, 6.45) is 1.73. The molecule has 0 atom stereocenters. The Morgan fingerprint density at radius 1 is 1.28 bits per heavy atom. The molecule has 1 N–H and O–H groups in total. The van der Waals surface area contributed by atoms with Crippen molar-refractivity contribution >= 4 is 17.7 Å². The van der Waals surface area contributed by atoms with Crippen LogP contribution in [-0.2, 0) is 5.75 Å². The maximum atomic E-state index is 10.7. The number of hydrogen-bond acceptors (Lipinski definition) is 4. The standard InChI is InChI=1S/C13H12N2O2S/c1-9-6-7-14-13(15-9)18-8-10-2-4-11(5-3-10)12(16)17/h2-7H,8H2,1H3,(H,16,17). The van der Waals surface area contributed by atoms with Gasteiger partial charge in [0, 0.05) is 17.6 Å². The van der Waals surface area contributed by atoms with E-state index in [1.54, 1.807) is 18.3 Å². The van der Waals surface area contributed by atoms with Crippen molar-refractivity contribution in [2.24, 2.45) is 0 Å². The van der Waals surface area contributed by atoms with Crippen LogP contribution in [0.15, 0.2) is 41.7 Å². The zero-order valence-electron chi connectivity index (χ0n) is 9.83. The molecule has 0 radical (unpaired) electrons. The van der Waals surface area contributed by atoms with Crippen molar-refractivity contribution in [3.63, 3.8) is 0 Å². The number of carboxylic acids is 1. The minimum absolute atomic E-state index is 0.301. The highest BCUT2D eigenvalue weighted by Crippen LogP contribution is 2.19. The Morgan fingerprint density at radius 3 is 2.61 bits per heavy atom. The normalized spacial score (nSPS) is 10.3. The minimum atomic E-state index is -0.906. The number of carboxylic acid groups (broad SMARTS) is 1. The van der Waals surface area contributed by atoms with Gasteiger partial charge in [0.15, 0.2) is 5.16 Å². The highest BCUT2D eigenvalue weighted by molar-refractivity contribution is 7.98. The average molecular weight is 260 g/mol. The Kier molecular flexibility index (Phi) is 3.94. The van der Waals surface area contributed by atoms with Crippen LogP contribution in [0.3, 0.4) is 0 Å². The van der Waals surface area contributed by atoms with E-state index in [0.717, 1.165) is 22.2 Å². The molecule has 1 aromatic carbocycles. The fourth-order valence-electron chi connectivity index (χ4n) is 1.39. The van der Waals surface area contributed by atoms with Crippen molar-refractivity contribution in [3.05, 3.63) is 53.3 Å². The number of benzene rings is 1. The molecule has 18 heavy (non-hydrogen) atoms. The molecule has 0 amide bonds. The van der Waals surface area contributed by atoms with Crippen LogP contribution in [0.2, 0.25) is 0 Å². The van der Waals surface area contributed by atoms with Gasteiger partial charge in [0.05, 0.1) is 5.56 Å². The summed E-state index contributed by atoms with van der Waals surface area (Å²) in [5.74, 6) is -0.181. The summed E-state index contributed by atoms with van der Waals surface area (Å²) in [6.45, 7) is 1.92. The third kappa shape index (κ3) is 3.30. The largest absolute Gasteiger partial charge is 0.478 e. The maximum absolute atomic E-state index is 10.7. The van der Waals surface area contributed by atoms with Gasteiger partial charge in [0.25, 0.3) is 0 Å². The molecule has 1 heterocycles. The average Bonchev–Trinajstić information content (AvgIpc) is 2.37. The van der Waals surface area contributed by atoms with Crippen molar-refractivity contribution in [2.75, 3.05) is 0 Å². The number of aryl methyl sites for hydroxylation is 1. The van der Waals surface area contributed by atoms with Gasteiger partial charge in [0.1, 0.15) is 0 Å². The van der Waals surface area contributed by atoms with E-state index in [1.165, 1.54) is 11.8 Å². The second kappa shape index (κ2) is 5.64.